The topological polar surface area (TPSA) is 88.6 Å². The lowest BCUT2D eigenvalue weighted by Crippen LogP contribution is -2.57. The highest BCUT2D eigenvalue weighted by Crippen LogP contribution is 2.24. The summed E-state index contributed by atoms with van der Waals surface area (Å²) in [5.74, 6) is -1.08. The average molecular weight is 283 g/mol. The van der Waals surface area contributed by atoms with Gasteiger partial charge in [-0.05, 0) is 6.92 Å². The first-order valence-electron chi connectivity index (χ1n) is 5.63. The van der Waals surface area contributed by atoms with E-state index in [-0.39, 0.29) is 30.7 Å². The van der Waals surface area contributed by atoms with Gasteiger partial charge in [0.15, 0.2) is 5.13 Å². The molecule has 1 aliphatic heterocycles. The van der Waals surface area contributed by atoms with Crippen LogP contribution in [0.25, 0.3) is 0 Å². The molecule has 102 valence electrons. The van der Waals surface area contributed by atoms with Crippen LogP contribution in [-0.2, 0) is 25.5 Å². The van der Waals surface area contributed by atoms with Crippen LogP contribution in [-0.4, -0.2) is 42.5 Å². The number of imide groups is 1. The maximum absolute atomic E-state index is 11.5. The number of aromatic nitrogens is 1. The van der Waals surface area contributed by atoms with Gasteiger partial charge < -0.3 is 9.64 Å². The van der Waals surface area contributed by atoms with Crippen molar-refractivity contribution in [3.05, 3.63) is 11.1 Å². The van der Waals surface area contributed by atoms with Crippen molar-refractivity contribution in [1.82, 2.24) is 10.3 Å². The fourth-order valence-corrected chi connectivity index (χ4v) is 2.58. The van der Waals surface area contributed by atoms with E-state index in [0.29, 0.717) is 10.8 Å². The summed E-state index contributed by atoms with van der Waals surface area (Å²) >= 11 is 1.29. The second kappa shape index (κ2) is 5.35. The number of anilines is 1. The Balaban J connectivity index is 2.15. The number of carbonyl (C=O) groups excluding carboxylic acids is 3. The lowest BCUT2D eigenvalue weighted by atomic mass is 10.2. The number of carbonyl (C=O) groups is 3. The number of esters is 1. The van der Waals surface area contributed by atoms with E-state index < -0.39 is 6.04 Å². The first kappa shape index (κ1) is 13.5. The monoisotopic (exact) mass is 283 g/mol. The van der Waals surface area contributed by atoms with E-state index >= 15 is 0 Å². The minimum atomic E-state index is -0.463. The minimum absolute atomic E-state index is 0.0787. The zero-order valence-corrected chi connectivity index (χ0v) is 11.3. The Kier molecular flexibility index (Phi) is 3.79. The first-order valence-corrected chi connectivity index (χ1v) is 6.50. The number of piperazine rings is 1. The van der Waals surface area contributed by atoms with Gasteiger partial charge in [0.25, 0.3) is 0 Å². The van der Waals surface area contributed by atoms with Crippen molar-refractivity contribution in [2.75, 3.05) is 18.6 Å². The number of hydrogen-bond acceptors (Lipinski definition) is 7. The van der Waals surface area contributed by atoms with Crippen LogP contribution in [0.2, 0.25) is 0 Å². The summed E-state index contributed by atoms with van der Waals surface area (Å²) in [6, 6.07) is -0.463. The number of amides is 2. The lowest BCUT2D eigenvalue weighted by molar-refractivity contribution is -0.140. The maximum atomic E-state index is 11.5. The third kappa shape index (κ3) is 2.90. The molecule has 2 heterocycles. The Morgan fingerprint density at radius 3 is 3.05 bits per heavy atom. The van der Waals surface area contributed by atoms with Gasteiger partial charge in [-0.25, -0.2) is 4.98 Å². The molecule has 0 spiro atoms. The highest BCUT2D eigenvalue weighted by atomic mass is 32.1. The third-order valence-corrected chi connectivity index (χ3v) is 3.69. The van der Waals surface area contributed by atoms with Gasteiger partial charge in [0, 0.05) is 5.38 Å². The molecule has 8 heteroatoms. The van der Waals surface area contributed by atoms with Gasteiger partial charge in [0.2, 0.25) is 11.8 Å². The van der Waals surface area contributed by atoms with Crippen LogP contribution < -0.4 is 10.2 Å². The molecule has 1 aliphatic rings. The van der Waals surface area contributed by atoms with Gasteiger partial charge in [-0.3, -0.25) is 19.7 Å². The maximum Gasteiger partial charge on any atom is 0.311 e. The van der Waals surface area contributed by atoms with Crippen molar-refractivity contribution in [3.63, 3.8) is 0 Å². The summed E-state index contributed by atoms with van der Waals surface area (Å²) in [5.41, 5.74) is 0.567. The number of hydrogen-bond donors (Lipinski definition) is 1. The number of methoxy groups -OCH3 is 1. The molecule has 19 heavy (non-hydrogen) atoms. The van der Waals surface area contributed by atoms with Crippen molar-refractivity contribution in [3.8, 4) is 0 Å². The predicted octanol–water partition coefficient (Wildman–Crippen LogP) is -0.290. The van der Waals surface area contributed by atoms with E-state index in [9.17, 15) is 14.4 Å². The fraction of sp³-hybridized carbons (Fsp3) is 0.455. The summed E-state index contributed by atoms with van der Waals surface area (Å²) in [7, 11) is 1.31. The minimum Gasteiger partial charge on any atom is -0.469 e. The largest absolute Gasteiger partial charge is 0.469 e. The number of nitrogens with one attached hydrogen (secondary N) is 1. The van der Waals surface area contributed by atoms with E-state index in [4.69, 9.17) is 0 Å². The van der Waals surface area contributed by atoms with E-state index in [1.165, 1.54) is 18.4 Å². The van der Waals surface area contributed by atoms with Crippen LogP contribution in [0.1, 0.15) is 12.6 Å². The number of ether oxygens (including phenoxy) is 1. The second-order valence-corrected chi connectivity index (χ2v) is 4.93. The fourth-order valence-electron chi connectivity index (χ4n) is 1.68. The van der Waals surface area contributed by atoms with E-state index in [1.54, 1.807) is 17.2 Å². The number of rotatable bonds is 3. The van der Waals surface area contributed by atoms with Crippen LogP contribution >= 0.6 is 11.3 Å². The highest BCUT2D eigenvalue weighted by molar-refractivity contribution is 7.13. The summed E-state index contributed by atoms with van der Waals surface area (Å²) in [6.07, 6.45) is 0.0787. The van der Waals surface area contributed by atoms with Crippen molar-refractivity contribution in [2.24, 2.45) is 0 Å². The Bertz CT molecular complexity index is 528. The van der Waals surface area contributed by atoms with Crippen molar-refractivity contribution >= 4 is 34.3 Å². The quantitative estimate of drug-likeness (QED) is 0.606. The van der Waals surface area contributed by atoms with Crippen LogP contribution in [0.15, 0.2) is 5.38 Å². The Morgan fingerprint density at radius 2 is 2.37 bits per heavy atom. The molecule has 2 rings (SSSR count). The van der Waals surface area contributed by atoms with Gasteiger partial charge >= 0.3 is 5.97 Å². The molecule has 2 amide bonds. The van der Waals surface area contributed by atoms with E-state index in [2.05, 4.69) is 15.0 Å². The first-order chi connectivity index (χ1) is 9.01. The van der Waals surface area contributed by atoms with Gasteiger partial charge in [-0.15, -0.1) is 11.3 Å². The van der Waals surface area contributed by atoms with Crippen LogP contribution in [0, 0.1) is 0 Å². The summed E-state index contributed by atoms with van der Waals surface area (Å²) in [4.78, 5) is 39.9. The number of thiazole rings is 1. The molecule has 0 saturated carbocycles. The molecule has 1 atom stereocenters. The van der Waals surface area contributed by atoms with Crippen molar-refractivity contribution < 1.29 is 19.1 Å². The zero-order valence-electron chi connectivity index (χ0n) is 10.5. The summed E-state index contributed by atoms with van der Waals surface area (Å²) < 4.78 is 4.56. The Hall–Kier alpha value is -1.96. The van der Waals surface area contributed by atoms with Crippen LogP contribution in [0.4, 0.5) is 5.13 Å². The molecule has 1 aromatic rings. The van der Waals surface area contributed by atoms with Crippen molar-refractivity contribution in [2.45, 2.75) is 19.4 Å². The van der Waals surface area contributed by atoms with E-state index in [0.717, 1.165) is 0 Å². The molecule has 1 N–H and O–H groups in total. The normalized spacial score (nSPS) is 19.3. The third-order valence-electron chi connectivity index (χ3n) is 2.76. The molecular weight excluding hydrogens is 270 g/mol. The molecule has 7 nitrogen and oxygen atoms in total. The molecule has 0 aliphatic carbocycles. The SMILES string of the molecule is COC(=O)Cc1csc(N2CC(=O)NC(=O)C2C)n1. The zero-order chi connectivity index (χ0) is 14.0. The van der Waals surface area contributed by atoms with Gasteiger partial charge in [-0.1, -0.05) is 0 Å². The molecule has 0 radical (unpaired) electrons. The van der Waals surface area contributed by atoms with Crippen LogP contribution in [0.5, 0.6) is 0 Å². The molecule has 1 aromatic heterocycles. The smallest absolute Gasteiger partial charge is 0.311 e. The van der Waals surface area contributed by atoms with Gasteiger partial charge in [0.05, 0.1) is 19.2 Å². The van der Waals surface area contributed by atoms with Crippen LogP contribution in [0.3, 0.4) is 0 Å². The molecular formula is C11H13N3O4S. The predicted molar refractivity (Wildman–Crippen MR) is 67.8 cm³/mol. The van der Waals surface area contributed by atoms with Gasteiger partial charge in [-0.2, -0.15) is 0 Å². The standard InChI is InChI=1S/C11H13N3O4S/c1-6-10(17)13-8(15)4-14(6)11-12-7(5-19-11)3-9(16)18-2/h5-6H,3-4H2,1-2H3,(H,13,15,17). The summed E-state index contributed by atoms with van der Waals surface area (Å²) in [6.45, 7) is 1.78. The molecule has 0 aromatic carbocycles. The second-order valence-electron chi connectivity index (χ2n) is 4.09. The van der Waals surface area contributed by atoms with Crippen molar-refractivity contribution in [1.29, 1.82) is 0 Å². The summed E-state index contributed by atoms with van der Waals surface area (Å²) in [5, 5.41) is 4.53. The Morgan fingerprint density at radius 1 is 1.63 bits per heavy atom. The molecule has 1 unspecified atom stereocenters. The Labute approximate surface area is 113 Å². The van der Waals surface area contributed by atoms with Gasteiger partial charge in [0.1, 0.15) is 12.6 Å². The molecule has 1 fully saturated rings. The molecule has 0 bridgehead atoms. The average Bonchev–Trinajstić information content (AvgIpc) is 2.81. The van der Waals surface area contributed by atoms with E-state index in [1.807, 2.05) is 0 Å². The number of nitrogens with zero attached hydrogens (tertiary/aromatic N) is 2. The molecule has 1 saturated heterocycles. The highest BCUT2D eigenvalue weighted by Gasteiger charge is 2.32. The lowest BCUT2D eigenvalue weighted by Gasteiger charge is -2.31.